The van der Waals surface area contributed by atoms with Crippen molar-refractivity contribution in [3.05, 3.63) is 60.9 Å². The summed E-state index contributed by atoms with van der Waals surface area (Å²) in [6.45, 7) is 1.82. The Hall–Kier alpha value is -3.92. The zero-order valence-electron chi connectivity index (χ0n) is 25.6. The minimum absolute atomic E-state index is 0. The second-order valence-electron chi connectivity index (χ2n) is 8.04. The molecule has 16 heteroatoms. The summed E-state index contributed by atoms with van der Waals surface area (Å²) in [5.41, 5.74) is 7.71. The van der Waals surface area contributed by atoms with Crippen molar-refractivity contribution in [2.45, 2.75) is 12.8 Å². The van der Waals surface area contributed by atoms with E-state index in [-0.39, 0.29) is 36.0 Å². The number of nitrogens with two attached hydrogens (primary N) is 1. The molecular formula is C29H34ClN4NaO10. The molecule has 1 aliphatic heterocycles. The summed E-state index contributed by atoms with van der Waals surface area (Å²) in [5, 5.41) is 12.8. The predicted octanol–water partition coefficient (Wildman–Crippen LogP) is 1.47. The van der Waals surface area contributed by atoms with Gasteiger partial charge in [0.25, 0.3) is 6.47 Å². The average Bonchev–Trinajstić information content (AvgIpc) is 3.67. The van der Waals surface area contributed by atoms with E-state index in [2.05, 4.69) is 41.2 Å². The van der Waals surface area contributed by atoms with Crippen molar-refractivity contribution in [3.8, 4) is 11.5 Å². The Labute approximate surface area is 287 Å². The van der Waals surface area contributed by atoms with Crippen LogP contribution in [0, 0.1) is 0 Å². The monoisotopic (exact) mass is 656 g/mol. The summed E-state index contributed by atoms with van der Waals surface area (Å²) in [7, 11) is 5.76. The number of carbonyl (C=O) groups is 3. The summed E-state index contributed by atoms with van der Waals surface area (Å²) in [5.74, 6) is 1.51. The first-order valence-corrected chi connectivity index (χ1v) is 13.1. The molecule has 1 amide bonds. The van der Waals surface area contributed by atoms with Gasteiger partial charge in [0.05, 0.1) is 50.8 Å². The van der Waals surface area contributed by atoms with Crippen LogP contribution in [0.3, 0.4) is 0 Å². The number of pyridine rings is 2. The number of anilines is 2. The first-order valence-electron chi connectivity index (χ1n) is 12.7. The molecule has 1 saturated heterocycles. The normalized spacial score (nSPS) is 10.6. The van der Waals surface area contributed by atoms with Crippen LogP contribution >= 0.6 is 11.6 Å². The van der Waals surface area contributed by atoms with Crippen LogP contribution in [0.1, 0.15) is 12.8 Å². The fraction of sp³-hybridized carbons (Fsp3) is 0.276. The third kappa shape index (κ3) is 15.1. The molecule has 0 bridgehead atoms. The molecular weight excluding hydrogens is 623 g/mol. The second-order valence-corrected chi connectivity index (χ2v) is 8.35. The van der Waals surface area contributed by atoms with Crippen molar-refractivity contribution >= 4 is 62.8 Å². The molecule has 238 valence electrons. The van der Waals surface area contributed by atoms with E-state index in [0.29, 0.717) is 22.6 Å². The average molecular weight is 657 g/mol. The molecule has 0 radical (unpaired) electrons. The van der Waals surface area contributed by atoms with Crippen LogP contribution in [0.25, 0.3) is 21.8 Å². The van der Waals surface area contributed by atoms with E-state index in [0.717, 1.165) is 35.3 Å². The topological polar surface area (TPSA) is 193 Å². The van der Waals surface area contributed by atoms with E-state index in [1.165, 1.54) is 27.1 Å². The van der Waals surface area contributed by atoms with Gasteiger partial charge in [-0.3, -0.25) is 20.1 Å². The summed E-state index contributed by atoms with van der Waals surface area (Å²) in [6.07, 6.45) is 5.41. The van der Waals surface area contributed by atoms with E-state index in [9.17, 15) is 9.59 Å². The fourth-order valence-electron chi connectivity index (χ4n) is 3.44. The Kier molecular flexibility index (Phi) is 22.3. The van der Waals surface area contributed by atoms with E-state index in [4.69, 9.17) is 30.0 Å². The van der Waals surface area contributed by atoms with E-state index < -0.39 is 11.5 Å². The zero-order valence-corrected chi connectivity index (χ0v) is 28.4. The molecule has 2 aromatic carbocycles. The summed E-state index contributed by atoms with van der Waals surface area (Å²) >= 11 is 4.60. The SMILES string of the molecule is C1CCOC1.COC(=O)Cl.COC(=O)Nc1ccc(OC)c2cccnc12.COc1ccc(N)c2ncccc12.O=CO[O-].[Na+]. The molecule has 4 aromatic rings. The standard InChI is InChI=1S/C12H12N2O3.C10H10N2O.C4H8O.C2H3ClO2.CH2O3.Na/c1-16-10-6-5-9(14-12(15)17-2)11-8(10)4-3-7-13-11;1-13-9-5-4-8(11)10-7(9)3-2-6-12-10;1-2-4-5-3-1;1-5-2(3)4;2-1-4-3;/h3-7H,1-2H3,(H,14,15);2-6H,11H2,1H3;1-4H2;1H3;1,3H;/q;;;;;+1/p-1. The number of amides is 1. The smallest absolute Gasteiger partial charge is 0.662 e. The molecule has 3 heterocycles. The molecule has 1 aliphatic rings. The maximum absolute atomic E-state index is 11.2. The van der Waals surface area contributed by atoms with E-state index in [1.54, 1.807) is 44.8 Å². The van der Waals surface area contributed by atoms with Gasteiger partial charge in [-0.05, 0) is 61.4 Å². The molecule has 3 N–H and O–H groups in total. The molecule has 0 atom stereocenters. The summed E-state index contributed by atoms with van der Waals surface area (Å²) in [6, 6.07) is 14.6. The molecule has 2 aromatic heterocycles. The maximum Gasteiger partial charge on any atom is 1.00 e. The van der Waals surface area contributed by atoms with Crippen LogP contribution in [0.2, 0.25) is 0 Å². The van der Waals surface area contributed by atoms with Gasteiger partial charge in [-0.2, -0.15) is 0 Å². The minimum atomic E-state index is -0.773. The first kappa shape index (κ1) is 41.1. The number of rotatable bonds is 4. The van der Waals surface area contributed by atoms with Gasteiger partial charge >= 0.3 is 41.1 Å². The van der Waals surface area contributed by atoms with Gasteiger partial charge in [-0.15, -0.1) is 0 Å². The fourth-order valence-corrected chi connectivity index (χ4v) is 3.44. The Bertz CT molecular complexity index is 1450. The van der Waals surface area contributed by atoms with Crippen LogP contribution in [0.5, 0.6) is 11.5 Å². The number of nitrogen functional groups attached to an aromatic ring is 1. The van der Waals surface area contributed by atoms with Crippen molar-refractivity contribution in [3.63, 3.8) is 0 Å². The third-order valence-electron chi connectivity index (χ3n) is 5.38. The Morgan fingerprint density at radius 3 is 1.80 bits per heavy atom. The third-order valence-corrected chi connectivity index (χ3v) is 5.53. The number of nitrogens with zero attached hydrogens (tertiary/aromatic N) is 2. The van der Waals surface area contributed by atoms with Gasteiger partial charge in [-0.25, -0.2) is 9.59 Å². The summed E-state index contributed by atoms with van der Waals surface area (Å²) < 4.78 is 23.8. The number of fused-ring (bicyclic) bond motifs is 2. The zero-order chi connectivity index (χ0) is 32.7. The van der Waals surface area contributed by atoms with Crippen LogP contribution in [-0.4, -0.2) is 69.6 Å². The van der Waals surface area contributed by atoms with E-state index >= 15 is 0 Å². The van der Waals surface area contributed by atoms with Gasteiger partial charge in [0.15, 0.2) is 0 Å². The molecule has 5 rings (SSSR count). The van der Waals surface area contributed by atoms with Crippen LogP contribution in [0.4, 0.5) is 21.0 Å². The number of ether oxygens (including phenoxy) is 5. The van der Waals surface area contributed by atoms with Gasteiger partial charge in [0, 0.05) is 48.0 Å². The summed E-state index contributed by atoms with van der Waals surface area (Å²) in [4.78, 5) is 40.2. The minimum Gasteiger partial charge on any atom is -0.662 e. The molecule has 45 heavy (non-hydrogen) atoms. The molecule has 0 aliphatic carbocycles. The molecule has 14 nitrogen and oxygen atoms in total. The second kappa shape index (κ2) is 24.4. The van der Waals surface area contributed by atoms with Crippen LogP contribution in [-0.2, 0) is 23.9 Å². The first-order chi connectivity index (χ1) is 21.3. The van der Waals surface area contributed by atoms with Crippen molar-refractivity contribution in [1.29, 1.82) is 0 Å². The Morgan fingerprint density at radius 2 is 1.38 bits per heavy atom. The number of methoxy groups -OCH3 is 4. The van der Waals surface area contributed by atoms with Crippen molar-refractivity contribution < 1.29 is 77.8 Å². The largest absolute Gasteiger partial charge is 1.00 e. The van der Waals surface area contributed by atoms with Gasteiger partial charge in [0.1, 0.15) is 11.5 Å². The van der Waals surface area contributed by atoms with Crippen molar-refractivity contribution in [2.75, 3.05) is 52.7 Å². The van der Waals surface area contributed by atoms with Gasteiger partial charge in [0.2, 0.25) is 0 Å². The quantitative estimate of drug-likeness (QED) is 0.0802. The Balaban J connectivity index is 0.000000607. The molecule has 1 fully saturated rings. The van der Waals surface area contributed by atoms with Crippen molar-refractivity contribution in [2.24, 2.45) is 0 Å². The van der Waals surface area contributed by atoms with Gasteiger partial charge in [-0.1, -0.05) is 0 Å². The number of hydrogen-bond donors (Lipinski definition) is 2. The van der Waals surface area contributed by atoms with Crippen LogP contribution in [0.15, 0.2) is 60.9 Å². The van der Waals surface area contributed by atoms with Crippen LogP contribution < -0.4 is 55.3 Å². The number of halogens is 1. The molecule has 0 spiro atoms. The molecule has 0 saturated carbocycles. The Morgan fingerprint density at radius 1 is 0.889 bits per heavy atom. The number of hydrogen-bond acceptors (Lipinski definition) is 13. The van der Waals surface area contributed by atoms with Gasteiger partial charge < -0.3 is 39.6 Å². The van der Waals surface area contributed by atoms with E-state index in [1.807, 2.05) is 30.3 Å². The number of nitrogens with one attached hydrogen (secondary N) is 1. The number of carbonyl (C=O) groups excluding carboxylic acids is 3. The maximum atomic E-state index is 11.2. The van der Waals surface area contributed by atoms with Crippen molar-refractivity contribution in [1.82, 2.24) is 9.97 Å². The number of benzene rings is 2. The number of aromatic nitrogens is 2. The molecule has 0 unspecified atom stereocenters. The predicted molar refractivity (Wildman–Crippen MR) is 162 cm³/mol.